The number of hydrogen-bond acceptors (Lipinski definition) is 3. The SMILES string of the molecule is CC(C)Oc1ccc(C(=O)P(=O)(O)O)cc1. The van der Waals surface area contributed by atoms with Crippen molar-refractivity contribution in [2.45, 2.75) is 20.0 Å². The lowest BCUT2D eigenvalue weighted by Crippen LogP contribution is -2.06. The molecule has 0 saturated carbocycles. The number of benzene rings is 1. The Hall–Kier alpha value is -1.16. The van der Waals surface area contributed by atoms with Gasteiger partial charge in [0.2, 0.25) is 0 Å². The third-order valence-corrected chi connectivity index (χ3v) is 2.52. The first kappa shape index (κ1) is 12.9. The second-order valence-electron chi connectivity index (χ2n) is 3.54. The van der Waals surface area contributed by atoms with Crippen molar-refractivity contribution in [1.29, 1.82) is 0 Å². The maximum absolute atomic E-state index is 11.2. The van der Waals surface area contributed by atoms with Crippen LogP contribution < -0.4 is 4.74 Å². The average Bonchev–Trinajstić information content (AvgIpc) is 2.15. The molecular formula is C10H13O5P. The van der Waals surface area contributed by atoms with Crippen LogP contribution in [0.25, 0.3) is 0 Å². The summed E-state index contributed by atoms with van der Waals surface area (Å²) in [5.74, 6) is 0.553. The molecule has 0 aliphatic heterocycles. The topological polar surface area (TPSA) is 83.8 Å². The largest absolute Gasteiger partial charge is 0.491 e. The van der Waals surface area contributed by atoms with Gasteiger partial charge in [-0.25, -0.2) is 0 Å². The molecule has 0 amide bonds. The average molecular weight is 244 g/mol. The zero-order valence-corrected chi connectivity index (χ0v) is 9.85. The fraction of sp³-hybridized carbons (Fsp3) is 0.300. The van der Waals surface area contributed by atoms with Gasteiger partial charge in [0.1, 0.15) is 5.75 Å². The Labute approximate surface area is 93.2 Å². The first-order chi connectivity index (χ1) is 7.30. The Morgan fingerprint density at radius 3 is 2.12 bits per heavy atom. The van der Waals surface area contributed by atoms with Gasteiger partial charge < -0.3 is 14.5 Å². The van der Waals surface area contributed by atoms with E-state index in [0.717, 1.165) is 0 Å². The molecule has 0 spiro atoms. The van der Waals surface area contributed by atoms with E-state index < -0.39 is 13.1 Å². The van der Waals surface area contributed by atoms with Gasteiger partial charge in [0.05, 0.1) is 6.10 Å². The van der Waals surface area contributed by atoms with Gasteiger partial charge in [-0.1, -0.05) is 0 Å². The maximum atomic E-state index is 11.2. The molecule has 0 aliphatic rings. The number of rotatable bonds is 4. The molecule has 0 fully saturated rings. The molecule has 0 aromatic heterocycles. The highest BCUT2D eigenvalue weighted by Gasteiger charge is 2.26. The maximum Gasteiger partial charge on any atom is 0.396 e. The first-order valence-electron chi connectivity index (χ1n) is 4.68. The van der Waals surface area contributed by atoms with E-state index >= 15 is 0 Å². The van der Waals surface area contributed by atoms with Crippen LogP contribution in [0.2, 0.25) is 0 Å². The summed E-state index contributed by atoms with van der Waals surface area (Å²) in [6.45, 7) is 3.71. The summed E-state index contributed by atoms with van der Waals surface area (Å²) in [5.41, 5.74) is -1.20. The summed E-state index contributed by atoms with van der Waals surface area (Å²) < 4.78 is 16.0. The zero-order valence-electron chi connectivity index (χ0n) is 8.95. The standard InChI is InChI=1S/C10H13O5P/c1-7(2)15-9-5-3-8(4-6-9)10(11)16(12,13)14/h3-7H,1-2H3,(H2,12,13,14). The van der Waals surface area contributed by atoms with Crippen LogP contribution in [0.5, 0.6) is 5.75 Å². The molecule has 2 N–H and O–H groups in total. The van der Waals surface area contributed by atoms with Crippen LogP contribution >= 0.6 is 7.60 Å². The minimum Gasteiger partial charge on any atom is -0.491 e. The van der Waals surface area contributed by atoms with E-state index in [-0.39, 0.29) is 11.7 Å². The van der Waals surface area contributed by atoms with Crippen molar-refractivity contribution in [3.63, 3.8) is 0 Å². The van der Waals surface area contributed by atoms with Gasteiger partial charge in [-0.05, 0) is 38.1 Å². The van der Waals surface area contributed by atoms with Crippen molar-refractivity contribution in [2.24, 2.45) is 0 Å². The van der Waals surface area contributed by atoms with E-state index in [9.17, 15) is 9.36 Å². The molecule has 1 aromatic rings. The Morgan fingerprint density at radius 2 is 1.75 bits per heavy atom. The minimum atomic E-state index is -4.70. The molecule has 0 saturated heterocycles. The Bertz CT molecular complexity index is 417. The molecular weight excluding hydrogens is 231 g/mol. The lowest BCUT2D eigenvalue weighted by atomic mass is 10.2. The second kappa shape index (κ2) is 4.78. The third kappa shape index (κ3) is 3.45. The third-order valence-electron chi connectivity index (χ3n) is 1.74. The number of hydrogen-bond donors (Lipinski definition) is 2. The molecule has 0 bridgehead atoms. The van der Waals surface area contributed by atoms with Crippen molar-refractivity contribution >= 4 is 13.1 Å². The van der Waals surface area contributed by atoms with Crippen LogP contribution in [-0.4, -0.2) is 21.4 Å². The van der Waals surface area contributed by atoms with E-state index in [1.807, 2.05) is 13.8 Å². The Balaban J connectivity index is 2.87. The highest BCUT2D eigenvalue weighted by Crippen LogP contribution is 2.39. The lowest BCUT2D eigenvalue weighted by Gasteiger charge is -2.09. The molecule has 0 atom stereocenters. The minimum absolute atomic E-state index is 0.00309. The van der Waals surface area contributed by atoms with Gasteiger partial charge >= 0.3 is 7.60 Å². The van der Waals surface area contributed by atoms with E-state index in [4.69, 9.17) is 14.5 Å². The predicted octanol–water partition coefficient (Wildman–Crippen LogP) is 1.79. The Morgan fingerprint density at radius 1 is 1.25 bits per heavy atom. The highest BCUT2D eigenvalue weighted by atomic mass is 31.2. The fourth-order valence-corrected chi connectivity index (χ4v) is 1.60. The lowest BCUT2D eigenvalue weighted by molar-refractivity contribution is 0.104. The molecule has 1 aromatic carbocycles. The summed E-state index contributed by atoms with van der Waals surface area (Å²) in [7, 11) is -4.70. The number of carbonyl (C=O) groups excluding carboxylic acids is 1. The zero-order chi connectivity index (χ0) is 12.3. The molecule has 0 aliphatic carbocycles. The van der Waals surface area contributed by atoms with Crippen LogP contribution in [0.4, 0.5) is 0 Å². The van der Waals surface area contributed by atoms with E-state index in [1.54, 1.807) is 0 Å². The van der Waals surface area contributed by atoms with Crippen molar-refractivity contribution in [3.8, 4) is 5.75 Å². The van der Waals surface area contributed by atoms with E-state index in [0.29, 0.717) is 5.75 Å². The molecule has 0 radical (unpaired) electrons. The highest BCUT2D eigenvalue weighted by molar-refractivity contribution is 7.70. The summed E-state index contributed by atoms with van der Waals surface area (Å²) in [4.78, 5) is 28.6. The molecule has 1 rings (SSSR count). The van der Waals surface area contributed by atoms with E-state index in [2.05, 4.69) is 0 Å². The number of carbonyl (C=O) groups is 1. The monoisotopic (exact) mass is 244 g/mol. The second-order valence-corrected chi connectivity index (χ2v) is 5.03. The Kier molecular flexibility index (Phi) is 3.86. The quantitative estimate of drug-likeness (QED) is 0.789. The van der Waals surface area contributed by atoms with Crippen LogP contribution in [0.1, 0.15) is 24.2 Å². The van der Waals surface area contributed by atoms with Crippen LogP contribution in [0, 0.1) is 0 Å². The molecule has 6 heteroatoms. The summed E-state index contributed by atoms with van der Waals surface area (Å²) in [5, 5.41) is 0. The summed E-state index contributed by atoms with van der Waals surface area (Å²) in [6.07, 6.45) is 0.00309. The van der Waals surface area contributed by atoms with E-state index in [1.165, 1.54) is 24.3 Å². The van der Waals surface area contributed by atoms with Crippen molar-refractivity contribution in [1.82, 2.24) is 0 Å². The molecule has 5 nitrogen and oxygen atoms in total. The normalized spacial score (nSPS) is 11.6. The summed E-state index contributed by atoms with van der Waals surface area (Å²) >= 11 is 0. The van der Waals surface area contributed by atoms with Crippen molar-refractivity contribution < 1.29 is 23.9 Å². The van der Waals surface area contributed by atoms with Gasteiger partial charge in [-0.3, -0.25) is 9.36 Å². The van der Waals surface area contributed by atoms with Crippen molar-refractivity contribution in [2.75, 3.05) is 0 Å². The predicted molar refractivity (Wildman–Crippen MR) is 58.6 cm³/mol. The molecule has 0 heterocycles. The van der Waals surface area contributed by atoms with Gasteiger partial charge in [0.15, 0.2) is 0 Å². The van der Waals surface area contributed by atoms with Gasteiger partial charge in [0.25, 0.3) is 5.52 Å². The molecule has 16 heavy (non-hydrogen) atoms. The number of ether oxygens (including phenoxy) is 1. The van der Waals surface area contributed by atoms with Crippen LogP contribution in [-0.2, 0) is 4.57 Å². The van der Waals surface area contributed by atoms with Crippen LogP contribution in [0.15, 0.2) is 24.3 Å². The first-order valence-corrected chi connectivity index (χ1v) is 6.29. The van der Waals surface area contributed by atoms with Gasteiger partial charge in [0, 0.05) is 5.56 Å². The van der Waals surface area contributed by atoms with Crippen molar-refractivity contribution in [3.05, 3.63) is 29.8 Å². The van der Waals surface area contributed by atoms with Gasteiger partial charge in [-0.15, -0.1) is 0 Å². The van der Waals surface area contributed by atoms with Crippen LogP contribution in [0.3, 0.4) is 0 Å². The summed E-state index contributed by atoms with van der Waals surface area (Å²) in [6, 6.07) is 5.67. The molecule has 88 valence electrons. The van der Waals surface area contributed by atoms with Gasteiger partial charge in [-0.2, -0.15) is 0 Å². The molecule has 0 unspecified atom stereocenters. The smallest absolute Gasteiger partial charge is 0.396 e. The fourth-order valence-electron chi connectivity index (χ4n) is 1.12.